The van der Waals surface area contributed by atoms with Gasteiger partial charge in [-0.3, -0.25) is 0 Å². The number of rotatable bonds is 5. The molecule has 0 aliphatic rings. The highest BCUT2D eigenvalue weighted by molar-refractivity contribution is 5.81. The molecule has 0 radical (unpaired) electrons. The van der Waals surface area contributed by atoms with E-state index in [1.807, 2.05) is 0 Å². The molecule has 1 aromatic heterocycles. The van der Waals surface area contributed by atoms with Crippen LogP contribution in [0.15, 0.2) is 36.5 Å². The van der Waals surface area contributed by atoms with Crippen molar-refractivity contribution in [3.63, 3.8) is 0 Å². The van der Waals surface area contributed by atoms with Crippen molar-refractivity contribution in [1.29, 1.82) is 0 Å². The van der Waals surface area contributed by atoms with E-state index in [1.165, 1.54) is 6.20 Å². The van der Waals surface area contributed by atoms with Crippen molar-refractivity contribution in [3.8, 4) is 0 Å². The number of carbonyl (C=O) groups excluding carboxylic acids is 1. The molecule has 1 amide bonds. The third kappa shape index (κ3) is 3.55. The van der Waals surface area contributed by atoms with Crippen molar-refractivity contribution < 1.29 is 19.4 Å². The number of amides is 1. The van der Waals surface area contributed by atoms with E-state index in [9.17, 15) is 9.59 Å². The molecular formula is C12H12N4O4. The molecule has 0 aliphatic carbocycles. The quantitative estimate of drug-likeness (QED) is 0.745. The van der Waals surface area contributed by atoms with Gasteiger partial charge in [0.2, 0.25) is 0 Å². The van der Waals surface area contributed by atoms with Crippen LogP contribution in [-0.4, -0.2) is 32.6 Å². The van der Waals surface area contributed by atoms with E-state index < -0.39 is 18.1 Å². The summed E-state index contributed by atoms with van der Waals surface area (Å²) >= 11 is 0. The molecule has 20 heavy (non-hydrogen) atoms. The minimum atomic E-state index is -1.17. The van der Waals surface area contributed by atoms with E-state index in [4.69, 9.17) is 9.84 Å². The lowest BCUT2D eigenvalue weighted by molar-refractivity contribution is -0.139. The standard InChI is InChI=1S/C12H12N4O4/c17-11(18)10(8-4-2-1-3-5-8)14-12(19)20-7-9-6-13-16-15-9/h1-6,10H,7H2,(H,14,19)(H,17,18)(H,13,15,16)/t10-/m0/s1. The number of carboxylic acids is 1. The van der Waals surface area contributed by atoms with E-state index >= 15 is 0 Å². The van der Waals surface area contributed by atoms with Gasteiger partial charge in [-0.15, -0.1) is 0 Å². The number of hydrogen-bond acceptors (Lipinski definition) is 5. The number of benzene rings is 1. The Balaban J connectivity index is 1.95. The average Bonchev–Trinajstić information content (AvgIpc) is 2.96. The van der Waals surface area contributed by atoms with Gasteiger partial charge in [-0.05, 0) is 5.56 Å². The number of nitrogens with zero attached hydrogens (tertiary/aromatic N) is 2. The molecular weight excluding hydrogens is 264 g/mol. The smallest absolute Gasteiger partial charge is 0.408 e. The Hall–Kier alpha value is -2.90. The van der Waals surface area contributed by atoms with Crippen molar-refractivity contribution in [2.45, 2.75) is 12.6 Å². The fraction of sp³-hybridized carbons (Fsp3) is 0.167. The van der Waals surface area contributed by atoms with Crippen molar-refractivity contribution in [3.05, 3.63) is 47.8 Å². The van der Waals surface area contributed by atoms with Gasteiger partial charge in [-0.1, -0.05) is 30.3 Å². The number of alkyl carbamates (subject to hydrolysis) is 1. The minimum absolute atomic E-state index is 0.0938. The number of aromatic nitrogens is 3. The van der Waals surface area contributed by atoms with Crippen LogP contribution in [-0.2, 0) is 16.1 Å². The number of hydrogen-bond donors (Lipinski definition) is 3. The highest BCUT2D eigenvalue weighted by atomic mass is 16.5. The fourth-order valence-electron chi connectivity index (χ4n) is 1.53. The summed E-state index contributed by atoms with van der Waals surface area (Å²) in [6.07, 6.45) is 0.559. The molecule has 104 valence electrons. The molecule has 1 aromatic carbocycles. The van der Waals surface area contributed by atoms with E-state index in [0.29, 0.717) is 11.3 Å². The highest BCUT2D eigenvalue weighted by Crippen LogP contribution is 2.12. The first kappa shape index (κ1) is 13.5. The van der Waals surface area contributed by atoms with Crippen molar-refractivity contribution in [2.24, 2.45) is 0 Å². The summed E-state index contributed by atoms with van der Waals surface area (Å²) < 4.78 is 4.85. The molecule has 2 rings (SSSR count). The van der Waals surface area contributed by atoms with Gasteiger partial charge < -0.3 is 15.2 Å². The van der Waals surface area contributed by atoms with Gasteiger partial charge in [-0.25, -0.2) is 9.59 Å². The average molecular weight is 276 g/mol. The zero-order chi connectivity index (χ0) is 14.4. The van der Waals surface area contributed by atoms with Crippen LogP contribution in [0.1, 0.15) is 17.3 Å². The number of ether oxygens (including phenoxy) is 1. The topological polar surface area (TPSA) is 117 Å². The summed E-state index contributed by atoms with van der Waals surface area (Å²) in [7, 11) is 0. The Bertz CT molecular complexity index is 570. The van der Waals surface area contributed by atoms with Gasteiger partial charge >= 0.3 is 12.1 Å². The summed E-state index contributed by atoms with van der Waals surface area (Å²) in [5, 5.41) is 21.0. The Morgan fingerprint density at radius 1 is 1.35 bits per heavy atom. The first-order chi connectivity index (χ1) is 9.66. The molecule has 0 fully saturated rings. The molecule has 8 heteroatoms. The maximum Gasteiger partial charge on any atom is 0.408 e. The monoisotopic (exact) mass is 276 g/mol. The third-order valence-electron chi connectivity index (χ3n) is 2.46. The number of carbonyl (C=O) groups is 2. The third-order valence-corrected chi connectivity index (χ3v) is 2.46. The zero-order valence-electron chi connectivity index (χ0n) is 10.3. The van der Waals surface area contributed by atoms with Gasteiger partial charge in [0, 0.05) is 0 Å². The Morgan fingerprint density at radius 2 is 2.10 bits per heavy atom. The fourth-order valence-corrected chi connectivity index (χ4v) is 1.53. The Kier molecular flexibility index (Phi) is 4.28. The summed E-state index contributed by atoms with van der Waals surface area (Å²) in [6, 6.07) is 7.18. The molecule has 0 saturated carbocycles. The maximum atomic E-state index is 11.6. The van der Waals surface area contributed by atoms with Gasteiger partial charge in [0.05, 0.1) is 6.20 Å². The highest BCUT2D eigenvalue weighted by Gasteiger charge is 2.22. The van der Waals surface area contributed by atoms with Gasteiger partial charge in [0.25, 0.3) is 0 Å². The van der Waals surface area contributed by atoms with Crippen LogP contribution in [0.4, 0.5) is 4.79 Å². The number of nitrogens with one attached hydrogen (secondary N) is 2. The first-order valence-electron chi connectivity index (χ1n) is 5.72. The van der Waals surface area contributed by atoms with Crippen molar-refractivity contribution in [2.75, 3.05) is 0 Å². The van der Waals surface area contributed by atoms with Gasteiger partial charge in [0.15, 0.2) is 6.04 Å². The second-order valence-corrected chi connectivity index (χ2v) is 3.86. The largest absolute Gasteiger partial charge is 0.479 e. The lowest BCUT2D eigenvalue weighted by Gasteiger charge is -2.14. The molecule has 0 spiro atoms. The predicted molar refractivity (Wildman–Crippen MR) is 66.5 cm³/mol. The molecule has 1 atom stereocenters. The first-order valence-corrected chi connectivity index (χ1v) is 5.72. The number of aromatic amines is 1. The molecule has 3 N–H and O–H groups in total. The van der Waals surface area contributed by atoms with Crippen LogP contribution in [0.25, 0.3) is 0 Å². The van der Waals surface area contributed by atoms with Gasteiger partial charge in [-0.2, -0.15) is 15.4 Å². The summed E-state index contributed by atoms with van der Waals surface area (Å²) in [6.45, 7) is -0.0938. The Labute approximate surface area is 113 Å². The van der Waals surface area contributed by atoms with Crippen LogP contribution in [0.5, 0.6) is 0 Å². The van der Waals surface area contributed by atoms with Crippen LogP contribution < -0.4 is 5.32 Å². The minimum Gasteiger partial charge on any atom is -0.479 e. The van der Waals surface area contributed by atoms with E-state index in [1.54, 1.807) is 30.3 Å². The molecule has 2 aromatic rings. The molecule has 1 heterocycles. The maximum absolute atomic E-state index is 11.6. The lowest BCUT2D eigenvalue weighted by Crippen LogP contribution is -2.34. The summed E-state index contributed by atoms with van der Waals surface area (Å²) in [5.41, 5.74) is 0.894. The van der Waals surface area contributed by atoms with Crippen molar-refractivity contribution >= 4 is 12.1 Å². The molecule has 0 saturated heterocycles. The number of H-pyrrole nitrogens is 1. The number of aliphatic carboxylic acids is 1. The van der Waals surface area contributed by atoms with Crippen LogP contribution in [0, 0.1) is 0 Å². The SMILES string of the molecule is O=C(N[C@H](C(=O)O)c1ccccc1)OCc1cn[nH]n1. The normalized spacial score (nSPS) is 11.6. The number of carboxylic acid groups (broad SMARTS) is 1. The van der Waals surface area contributed by atoms with E-state index in [-0.39, 0.29) is 6.61 Å². The van der Waals surface area contributed by atoms with Crippen molar-refractivity contribution in [1.82, 2.24) is 20.7 Å². The van der Waals surface area contributed by atoms with Crippen LogP contribution in [0.3, 0.4) is 0 Å². The summed E-state index contributed by atoms with van der Waals surface area (Å²) in [4.78, 5) is 22.7. The Morgan fingerprint density at radius 3 is 2.70 bits per heavy atom. The van der Waals surface area contributed by atoms with Crippen LogP contribution in [0.2, 0.25) is 0 Å². The molecule has 0 aliphatic heterocycles. The summed E-state index contributed by atoms with van der Waals surface area (Å²) in [5.74, 6) is -1.17. The molecule has 0 unspecified atom stereocenters. The second-order valence-electron chi connectivity index (χ2n) is 3.86. The van der Waals surface area contributed by atoms with E-state index in [2.05, 4.69) is 20.7 Å². The lowest BCUT2D eigenvalue weighted by atomic mass is 10.1. The zero-order valence-corrected chi connectivity index (χ0v) is 10.3. The second kappa shape index (κ2) is 6.32. The predicted octanol–water partition coefficient (Wildman–Crippen LogP) is 0.857. The van der Waals surface area contributed by atoms with Crippen LogP contribution >= 0.6 is 0 Å². The van der Waals surface area contributed by atoms with E-state index in [0.717, 1.165) is 0 Å². The molecule has 0 bridgehead atoms. The van der Waals surface area contributed by atoms with Gasteiger partial charge in [0.1, 0.15) is 12.3 Å². The molecule has 8 nitrogen and oxygen atoms in total.